The molecule has 1 amide bonds. The van der Waals surface area contributed by atoms with E-state index in [1.165, 1.54) is 0 Å². The van der Waals surface area contributed by atoms with E-state index in [1.807, 2.05) is 0 Å². The van der Waals surface area contributed by atoms with Crippen molar-refractivity contribution in [3.8, 4) is 0 Å². The summed E-state index contributed by atoms with van der Waals surface area (Å²) in [6.07, 6.45) is 1.59. The number of hydrogen-bond acceptors (Lipinski definition) is 3. The zero-order chi connectivity index (χ0) is 11.0. The van der Waals surface area contributed by atoms with Crippen molar-refractivity contribution < 1.29 is 9.90 Å². The second-order valence-electron chi connectivity index (χ2n) is 5.05. The molecule has 1 aliphatic rings. The minimum atomic E-state index is -0.840. The van der Waals surface area contributed by atoms with Gasteiger partial charge in [-0.3, -0.25) is 4.79 Å². The van der Waals surface area contributed by atoms with Crippen molar-refractivity contribution in [1.29, 1.82) is 0 Å². The van der Waals surface area contributed by atoms with Gasteiger partial charge in [0.15, 0.2) is 0 Å². The van der Waals surface area contributed by atoms with E-state index >= 15 is 0 Å². The van der Waals surface area contributed by atoms with Gasteiger partial charge in [0.05, 0.1) is 11.1 Å². The standard InChI is InChI=1S/C10H20N2O2/c1-9(2,11)8(13)12-6-4-5-10(3,14)7-12/h14H,4-7,11H2,1-3H3. The number of carbonyl (C=O) groups excluding carboxylic acids is 1. The van der Waals surface area contributed by atoms with Gasteiger partial charge in [-0.25, -0.2) is 0 Å². The largest absolute Gasteiger partial charge is 0.388 e. The van der Waals surface area contributed by atoms with Crippen LogP contribution in [0.1, 0.15) is 33.6 Å². The van der Waals surface area contributed by atoms with Gasteiger partial charge in [-0.05, 0) is 33.6 Å². The van der Waals surface area contributed by atoms with Crippen molar-refractivity contribution in [2.45, 2.75) is 44.8 Å². The highest BCUT2D eigenvalue weighted by Gasteiger charge is 2.35. The van der Waals surface area contributed by atoms with Crippen molar-refractivity contribution in [1.82, 2.24) is 4.90 Å². The summed E-state index contributed by atoms with van der Waals surface area (Å²) in [5.41, 5.74) is 4.13. The molecule has 4 nitrogen and oxygen atoms in total. The highest BCUT2D eigenvalue weighted by atomic mass is 16.3. The molecular formula is C10H20N2O2. The third-order valence-electron chi connectivity index (χ3n) is 2.51. The van der Waals surface area contributed by atoms with Crippen molar-refractivity contribution in [3.05, 3.63) is 0 Å². The van der Waals surface area contributed by atoms with Crippen molar-refractivity contribution in [2.75, 3.05) is 13.1 Å². The minimum absolute atomic E-state index is 0.0857. The molecule has 3 N–H and O–H groups in total. The second-order valence-corrected chi connectivity index (χ2v) is 5.05. The van der Waals surface area contributed by atoms with E-state index in [4.69, 9.17) is 5.73 Å². The molecule has 1 saturated heterocycles. The fraction of sp³-hybridized carbons (Fsp3) is 0.900. The second kappa shape index (κ2) is 3.51. The lowest BCUT2D eigenvalue weighted by Crippen LogP contribution is -2.57. The highest BCUT2D eigenvalue weighted by molar-refractivity contribution is 5.85. The molecular weight excluding hydrogens is 180 g/mol. The SMILES string of the molecule is CC1(O)CCCN(C(=O)C(C)(C)N)C1. The van der Waals surface area contributed by atoms with Gasteiger partial charge >= 0.3 is 0 Å². The molecule has 0 aromatic heterocycles. The average molecular weight is 200 g/mol. The van der Waals surface area contributed by atoms with E-state index in [0.717, 1.165) is 12.8 Å². The molecule has 4 heteroatoms. The number of nitrogens with two attached hydrogens (primary N) is 1. The molecule has 82 valence electrons. The smallest absolute Gasteiger partial charge is 0.242 e. The number of aliphatic hydroxyl groups is 1. The van der Waals surface area contributed by atoms with Crippen LogP contribution in [0.3, 0.4) is 0 Å². The fourth-order valence-electron chi connectivity index (χ4n) is 1.80. The van der Waals surface area contributed by atoms with Crippen molar-refractivity contribution in [2.24, 2.45) is 5.73 Å². The lowest BCUT2D eigenvalue weighted by molar-refractivity contribution is -0.142. The Kier molecular flexibility index (Phi) is 2.88. The lowest BCUT2D eigenvalue weighted by Gasteiger charge is -2.39. The Hall–Kier alpha value is -0.610. The number of nitrogens with zero attached hydrogens (tertiary/aromatic N) is 1. The first-order valence-corrected chi connectivity index (χ1v) is 5.03. The molecule has 1 atom stereocenters. The summed E-state index contributed by atoms with van der Waals surface area (Å²) in [6, 6.07) is 0. The van der Waals surface area contributed by atoms with Gasteiger partial charge in [0.2, 0.25) is 5.91 Å². The Labute approximate surface area is 85.1 Å². The molecule has 0 aliphatic carbocycles. The topological polar surface area (TPSA) is 66.6 Å². The van der Waals surface area contributed by atoms with Gasteiger partial charge < -0.3 is 15.7 Å². The molecule has 1 heterocycles. The van der Waals surface area contributed by atoms with Crippen molar-refractivity contribution in [3.63, 3.8) is 0 Å². The van der Waals surface area contributed by atoms with Crippen LogP contribution < -0.4 is 5.73 Å². The lowest BCUT2D eigenvalue weighted by atomic mass is 9.93. The van der Waals surface area contributed by atoms with Crippen LogP contribution in [0.25, 0.3) is 0 Å². The quantitative estimate of drug-likeness (QED) is 0.630. The molecule has 0 bridgehead atoms. The first kappa shape index (κ1) is 11.5. The van der Waals surface area contributed by atoms with Crippen LogP contribution in [-0.4, -0.2) is 40.1 Å². The van der Waals surface area contributed by atoms with E-state index in [-0.39, 0.29) is 5.91 Å². The molecule has 0 radical (unpaired) electrons. The van der Waals surface area contributed by atoms with Crippen molar-refractivity contribution >= 4 is 5.91 Å². The first-order chi connectivity index (χ1) is 6.22. The predicted molar refractivity (Wildman–Crippen MR) is 54.7 cm³/mol. The minimum Gasteiger partial charge on any atom is -0.388 e. The maximum atomic E-state index is 11.8. The van der Waals surface area contributed by atoms with Gasteiger partial charge in [-0.15, -0.1) is 0 Å². The molecule has 1 rings (SSSR count). The van der Waals surface area contributed by atoms with Gasteiger partial charge in [-0.2, -0.15) is 0 Å². The third-order valence-corrected chi connectivity index (χ3v) is 2.51. The Balaban J connectivity index is 2.66. The third kappa shape index (κ3) is 2.69. The number of β-amino-alcohol motifs (C(OH)–C–C–N with tert-alkyl or cyclic N) is 1. The highest BCUT2D eigenvalue weighted by Crippen LogP contribution is 2.21. The van der Waals surface area contributed by atoms with Crippen LogP contribution >= 0.6 is 0 Å². The van der Waals surface area contributed by atoms with Gasteiger partial charge in [0.1, 0.15) is 0 Å². The monoisotopic (exact) mass is 200 g/mol. The summed E-state index contributed by atoms with van der Waals surface area (Å²) in [4.78, 5) is 13.5. The zero-order valence-corrected chi connectivity index (χ0v) is 9.21. The number of piperidine rings is 1. The van der Waals surface area contributed by atoms with Crippen LogP contribution in [0.5, 0.6) is 0 Å². The maximum Gasteiger partial charge on any atom is 0.242 e. The van der Waals surface area contributed by atoms with Crippen LogP contribution in [0.15, 0.2) is 0 Å². The Morgan fingerprint density at radius 3 is 2.57 bits per heavy atom. The van der Waals surface area contributed by atoms with E-state index in [9.17, 15) is 9.90 Å². The molecule has 1 unspecified atom stereocenters. The summed E-state index contributed by atoms with van der Waals surface area (Å²) in [5, 5.41) is 9.82. The van der Waals surface area contributed by atoms with Crippen LogP contribution in [0.2, 0.25) is 0 Å². The van der Waals surface area contributed by atoms with Gasteiger partial charge in [0, 0.05) is 13.1 Å². The number of rotatable bonds is 1. The molecule has 1 aliphatic heterocycles. The van der Waals surface area contributed by atoms with E-state index in [0.29, 0.717) is 13.1 Å². The molecule has 0 aromatic rings. The Morgan fingerprint density at radius 2 is 2.14 bits per heavy atom. The number of likely N-dealkylation sites (tertiary alicyclic amines) is 1. The van der Waals surface area contributed by atoms with Crippen LogP contribution in [0.4, 0.5) is 0 Å². The van der Waals surface area contributed by atoms with Gasteiger partial charge in [-0.1, -0.05) is 0 Å². The summed E-state index contributed by atoms with van der Waals surface area (Å²) >= 11 is 0. The predicted octanol–water partition coefficient (Wildman–Crippen LogP) is 0.0971. The van der Waals surface area contributed by atoms with Crippen LogP contribution in [0, 0.1) is 0 Å². The Bertz CT molecular complexity index is 231. The summed E-state index contributed by atoms with van der Waals surface area (Å²) in [7, 11) is 0. The molecule has 1 fully saturated rings. The zero-order valence-electron chi connectivity index (χ0n) is 9.21. The summed E-state index contributed by atoms with van der Waals surface area (Å²) < 4.78 is 0. The first-order valence-electron chi connectivity index (χ1n) is 5.03. The number of hydrogen-bond donors (Lipinski definition) is 2. The molecule has 0 aromatic carbocycles. The molecule has 0 spiro atoms. The average Bonchev–Trinajstić information content (AvgIpc) is 1.99. The number of amides is 1. The summed E-state index contributed by atoms with van der Waals surface area (Å²) in [5.74, 6) is -0.0857. The summed E-state index contributed by atoms with van der Waals surface area (Å²) in [6.45, 7) is 6.25. The normalized spacial score (nSPS) is 29.1. The van der Waals surface area contributed by atoms with E-state index in [1.54, 1.807) is 25.7 Å². The number of carbonyl (C=O) groups is 1. The maximum absolute atomic E-state index is 11.8. The molecule has 0 saturated carbocycles. The Morgan fingerprint density at radius 1 is 1.57 bits per heavy atom. The van der Waals surface area contributed by atoms with E-state index < -0.39 is 11.1 Å². The van der Waals surface area contributed by atoms with Gasteiger partial charge in [0.25, 0.3) is 0 Å². The van der Waals surface area contributed by atoms with Crippen LogP contribution in [-0.2, 0) is 4.79 Å². The van der Waals surface area contributed by atoms with E-state index in [2.05, 4.69) is 0 Å². The molecule has 14 heavy (non-hydrogen) atoms. The fourth-order valence-corrected chi connectivity index (χ4v) is 1.80.